The first kappa shape index (κ1) is 25.1. The first-order valence-corrected chi connectivity index (χ1v) is 13.4. The quantitative estimate of drug-likeness (QED) is 0.228. The summed E-state index contributed by atoms with van der Waals surface area (Å²) in [5.74, 6) is 1.19. The van der Waals surface area contributed by atoms with E-state index in [-0.39, 0.29) is 11.7 Å². The van der Waals surface area contributed by atoms with E-state index in [1.165, 1.54) is 5.56 Å². The van der Waals surface area contributed by atoms with Crippen molar-refractivity contribution in [2.45, 2.75) is 12.8 Å². The van der Waals surface area contributed by atoms with Gasteiger partial charge in [-0.05, 0) is 71.8 Å². The summed E-state index contributed by atoms with van der Waals surface area (Å²) in [6.45, 7) is 2.21. The average Bonchev–Trinajstić information content (AvgIpc) is 3.02. The lowest BCUT2D eigenvalue weighted by Crippen LogP contribution is -2.11. The van der Waals surface area contributed by atoms with Gasteiger partial charge in [0.15, 0.2) is 0 Å². The van der Waals surface area contributed by atoms with Gasteiger partial charge in [-0.15, -0.1) is 0 Å². The number of nitrogens with zero attached hydrogens (tertiary/aromatic N) is 3. The van der Waals surface area contributed by atoms with Gasteiger partial charge in [0.1, 0.15) is 11.6 Å². The van der Waals surface area contributed by atoms with Crippen LogP contribution < -0.4 is 4.90 Å². The molecule has 0 aliphatic rings. The Morgan fingerprint density at radius 3 is 2.02 bits per heavy atom. The highest BCUT2D eigenvalue weighted by molar-refractivity contribution is 5.79. The molecule has 0 fully saturated rings. The molecule has 194 valence electrons. The van der Waals surface area contributed by atoms with Gasteiger partial charge in [0.05, 0.1) is 11.4 Å². The normalized spacial score (nSPS) is 11.6. The summed E-state index contributed by atoms with van der Waals surface area (Å²) in [4.78, 5) is 11.9. The third kappa shape index (κ3) is 5.20. The Bertz CT molecular complexity index is 1680. The minimum absolute atomic E-state index is 0.144. The first-order valence-electron chi connectivity index (χ1n) is 13.4. The van der Waals surface area contributed by atoms with Crippen molar-refractivity contribution in [1.82, 2.24) is 9.97 Å². The van der Waals surface area contributed by atoms with Gasteiger partial charge in [0.2, 0.25) is 0 Å². The van der Waals surface area contributed by atoms with Gasteiger partial charge in [-0.25, -0.2) is 9.97 Å². The SMILES string of the molecule is CC(c1ccccc1)c1cc(-c2cccc(N(c3ccccc3)c3ccccn3)c2)nc(-c2ccccc2O)c1. The van der Waals surface area contributed by atoms with Crippen LogP contribution in [0.15, 0.2) is 146 Å². The number of anilines is 3. The Hall–Kier alpha value is -5.22. The molecule has 2 aromatic heterocycles. The van der Waals surface area contributed by atoms with Crippen molar-refractivity contribution in [3.05, 3.63) is 157 Å². The Labute approximate surface area is 234 Å². The van der Waals surface area contributed by atoms with Crippen LogP contribution in [-0.4, -0.2) is 15.1 Å². The van der Waals surface area contributed by atoms with E-state index in [0.29, 0.717) is 5.56 Å². The van der Waals surface area contributed by atoms with E-state index < -0.39 is 0 Å². The van der Waals surface area contributed by atoms with Gasteiger partial charge in [0, 0.05) is 34.6 Å². The molecule has 0 radical (unpaired) electrons. The molecule has 4 aromatic carbocycles. The Morgan fingerprint density at radius 1 is 0.600 bits per heavy atom. The molecule has 1 atom stereocenters. The number of phenolic OH excluding ortho intramolecular Hbond substituents is 1. The molecule has 0 saturated heterocycles. The Balaban J connectivity index is 1.50. The zero-order chi connectivity index (χ0) is 27.3. The van der Waals surface area contributed by atoms with Gasteiger partial charge in [-0.3, -0.25) is 4.90 Å². The number of rotatable bonds is 7. The third-order valence-electron chi connectivity index (χ3n) is 7.12. The summed E-state index contributed by atoms with van der Waals surface area (Å²) < 4.78 is 0. The maximum absolute atomic E-state index is 10.7. The molecule has 6 aromatic rings. The number of pyridine rings is 2. The standard InChI is InChI=1S/C36H29N3O/c1-26(27-13-4-2-5-14-27)29-24-33(38-34(25-29)32-19-8-9-20-35(32)40)28-15-12-18-31(23-28)39(30-16-6-3-7-17-30)36-21-10-11-22-37-36/h2-26,40H,1H3. The number of phenols is 1. The summed E-state index contributed by atoms with van der Waals surface area (Å²) in [6.07, 6.45) is 1.81. The van der Waals surface area contributed by atoms with Crippen LogP contribution in [0.4, 0.5) is 17.2 Å². The van der Waals surface area contributed by atoms with Crippen LogP contribution in [-0.2, 0) is 0 Å². The fraction of sp³-hybridized carbons (Fsp3) is 0.0556. The first-order chi connectivity index (χ1) is 19.7. The molecule has 4 nitrogen and oxygen atoms in total. The van der Waals surface area contributed by atoms with E-state index in [4.69, 9.17) is 4.98 Å². The number of benzene rings is 4. The molecule has 6 rings (SSSR count). The molecular formula is C36H29N3O. The van der Waals surface area contributed by atoms with Gasteiger partial charge < -0.3 is 5.11 Å². The molecule has 0 bridgehead atoms. The largest absolute Gasteiger partial charge is 0.507 e. The fourth-order valence-corrected chi connectivity index (χ4v) is 4.99. The second-order valence-corrected chi connectivity index (χ2v) is 9.73. The predicted octanol–water partition coefficient (Wildman–Crippen LogP) is 9.14. The highest BCUT2D eigenvalue weighted by atomic mass is 16.3. The second-order valence-electron chi connectivity index (χ2n) is 9.73. The van der Waals surface area contributed by atoms with Crippen LogP contribution in [0, 0.1) is 0 Å². The van der Waals surface area contributed by atoms with E-state index in [1.54, 1.807) is 6.07 Å². The summed E-state index contributed by atoms with van der Waals surface area (Å²) in [5, 5.41) is 10.7. The van der Waals surface area contributed by atoms with Crippen LogP contribution >= 0.6 is 0 Å². The van der Waals surface area contributed by atoms with Crippen molar-refractivity contribution in [3.63, 3.8) is 0 Å². The predicted molar refractivity (Wildman–Crippen MR) is 163 cm³/mol. The van der Waals surface area contributed by atoms with E-state index in [0.717, 1.165) is 39.7 Å². The number of aromatic nitrogens is 2. The van der Waals surface area contributed by atoms with Crippen LogP contribution in [0.25, 0.3) is 22.5 Å². The van der Waals surface area contributed by atoms with Crippen molar-refractivity contribution in [2.75, 3.05) is 4.90 Å². The molecule has 0 spiro atoms. The molecule has 0 aliphatic heterocycles. The van der Waals surface area contributed by atoms with Crippen LogP contribution in [0.3, 0.4) is 0 Å². The molecule has 0 saturated carbocycles. The lowest BCUT2D eigenvalue weighted by Gasteiger charge is -2.24. The van der Waals surface area contributed by atoms with E-state index in [2.05, 4.69) is 89.6 Å². The van der Waals surface area contributed by atoms with E-state index in [9.17, 15) is 5.11 Å². The van der Waals surface area contributed by atoms with Gasteiger partial charge in [-0.2, -0.15) is 0 Å². The van der Waals surface area contributed by atoms with Crippen LogP contribution in [0.2, 0.25) is 0 Å². The molecule has 4 heteroatoms. The highest BCUT2D eigenvalue weighted by Crippen LogP contribution is 2.37. The molecule has 2 heterocycles. The lowest BCUT2D eigenvalue weighted by atomic mass is 9.91. The Kier molecular flexibility index (Phi) is 7.06. The van der Waals surface area contributed by atoms with E-state index >= 15 is 0 Å². The number of hydrogen-bond acceptors (Lipinski definition) is 4. The van der Waals surface area contributed by atoms with Crippen LogP contribution in [0.5, 0.6) is 5.75 Å². The van der Waals surface area contributed by atoms with Gasteiger partial charge in [-0.1, -0.05) is 85.8 Å². The average molecular weight is 520 g/mol. The zero-order valence-electron chi connectivity index (χ0n) is 22.2. The molecule has 1 N–H and O–H groups in total. The summed E-state index contributed by atoms with van der Waals surface area (Å²) >= 11 is 0. The van der Waals surface area contributed by atoms with Crippen molar-refractivity contribution in [2.24, 2.45) is 0 Å². The van der Waals surface area contributed by atoms with Crippen LogP contribution in [0.1, 0.15) is 24.0 Å². The highest BCUT2D eigenvalue weighted by Gasteiger charge is 2.17. The number of hydrogen-bond donors (Lipinski definition) is 1. The monoisotopic (exact) mass is 519 g/mol. The summed E-state index contributed by atoms with van der Waals surface area (Å²) in [5.41, 5.74) is 7.63. The molecule has 0 aliphatic carbocycles. The van der Waals surface area contributed by atoms with Gasteiger partial charge in [0.25, 0.3) is 0 Å². The molecule has 1 unspecified atom stereocenters. The maximum Gasteiger partial charge on any atom is 0.137 e. The van der Waals surface area contributed by atoms with Crippen molar-refractivity contribution < 1.29 is 5.11 Å². The van der Waals surface area contributed by atoms with Crippen molar-refractivity contribution in [1.29, 1.82) is 0 Å². The second kappa shape index (κ2) is 11.3. The summed E-state index contributed by atoms with van der Waals surface area (Å²) in [7, 11) is 0. The zero-order valence-corrected chi connectivity index (χ0v) is 22.2. The minimum atomic E-state index is 0.144. The third-order valence-corrected chi connectivity index (χ3v) is 7.12. The maximum atomic E-state index is 10.7. The van der Waals surface area contributed by atoms with Crippen molar-refractivity contribution >= 4 is 17.2 Å². The fourth-order valence-electron chi connectivity index (χ4n) is 4.99. The van der Waals surface area contributed by atoms with E-state index in [1.807, 2.05) is 66.9 Å². The summed E-state index contributed by atoms with van der Waals surface area (Å²) in [6, 6.07) is 46.6. The lowest BCUT2D eigenvalue weighted by molar-refractivity contribution is 0.477. The topological polar surface area (TPSA) is 49.2 Å². The minimum Gasteiger partial charge on any atom is -0.507 e. The molecule has 0 amide bonds. The smallest absolute Gasteiger partial charge is 0.137 e. The molecule has 40 heavy (non-hydrogen) atoms. The Morgan fingerprint density at radius 2 is 1.27 bits per heavy atom. The molecular weight excluding hydrogens is 490 g/mol. The van der Waals surface area contributed by atoms with Gasteiger partial charge >= 0.3 is 0 Å². The number of para-hydroxylation sites is 2. The number of aromatic hydroxyl groups is 1. The van der Waals surface area contributed by atoms with Crippen molar-refractivity contribution in [3.8, 4) is 28.3 Å².